The predicted octanol–water partition coefficient (Wildman–Crippen LogP) is 4.59. The second-order valence-corrected chi connectivity index (χ2v) is 8.86. The smallest absolute Gasteiger partial charge is 0.407 e. The van der Waals surface area contributed by atoms with Crippen LogP contribution < -0.4 is 10.6 Å². The molecule has 2 N–H and O–H groups in total. The highest BCUT2D eigenvalue weighted by Crippen LogP contribution is 2.15. The van der Waals surface area contributed by atoms with Crippen molar-refractivity contribution in [2.24, 2.45) is 17.8 Å². The van der Waals surface area contributed by atoms with Crippen molar-refractivity contribution in [3.8, 4) is 0 Å². The first kappa shape index (κ1) is 22.2. The van der Waals surface area contributed by atoms with Crippen LogP contribution in [0.2, 0.25) is 0 Å². The Hall–Kier alpha value is -0.770. The Bertz CT molecular complexity index is 323. The molecule has 23 heavy (non-hydrogen) atoms. The summed E-state index contributed by atoms with van der Waals surface area (Å²) in [6.45, 7) is 19.7. The lowest BCUT2D eigenvalue weighted by Gasteiger charge is -2.31. The number of hydrogen-bond acceptors (Lipinski definition) is 3. The van der Waals surface area contributed by atoms with Crippen LogP contribution in [-0.4, -0.2) is 30.3 Å². The average molecular weight is 329 g/mol. The third-order valence-electron chi connectivity index (χ3n) is 3.63. The molecule has 1 unspecified atom stereocenters. The molecule has 0 rings (SSSR count). The van der Waals surface area contributed by atoms with E-state index in [4.69, 9.17) is 4.74 Å². The number of alkyl carbamates (subject to hydrolysis) is 1. The summed E-state index contributed by atoms with van der Waals surface area (Å²) in [5.74, 6) is 1.78. The maximum Gasteiger partial charge on any atom is 0.407 e. The van der Waals surface area contributed by atoms with Crippen LogP contribution in [0, 0.1) is 17.8 Å². The number of nitrogens with one attached hydrogen (secondary N) is 2. The van der Waals surface area contributed by atoms with Crippen molar-refractivity contribution in [2.45, 2.75) is 92.8 Å². The highest BCUT2D eigenvalue weighted by molar-refractivity contribution is 5.67. The first-order valence-electron chi connectivity index (χ1n) is 9.13. The van der Waals surface area contributed by atoms with Gasteiger partial charge in [-0.15, -0.1) is 0 Å². The van der Waals surface area contributed by atoms with Gasteiger partial charge in [-0.25, -0.2) is 4.79 Å². The van der Waals surface area contributed by atoms with E-state index in [1.54, 1.807) is 0 Å². The summed E-state index contributed by atoms with van der Waals surface area (Å²) in [7, 11) is 0. The van der Waals surface area contributed by atoms with Crippen molar-refractivity contribution in [2.75, 3.05) is 6.54 Å². The van der Waals surface area contributed by atoms with Crippen molar-refractivity contribution in [3.05, 3.63) is 0 Å². The largest absolute Gasteiger partial charge is 0.444 e. The van der Waals surface area contributed by atoms with Gasteiger partial charge in [0, 0.05) is 18.6 Å². The Morgan fingerprint density at radius 2 is 1.43 bits per heavy atom. The maximum atomic E-state index is 11.9. The van der Waals surface area contributed by atoms with Crippen molar-refractivity contribution in [3.63, 3.8) is 0 Å². The highest BCUT2D eigenvalue weighted by atomic mass is 16.6. The van der Waals surface area contributed by atoms with Crippen LogP contribution in [0.4, 0.5) is 4.79 Å². The Morgan fingerprint density at radius 1 is 0.957 bits per heavy atom. The van der Waals surface area contributed by atoms with E-state index in [0.29, 0.717) is 30.3 Å². The summed E-state index contributed by atoms with van der Waals surface area (Å²) in [4.78, 5) is 11.9. The molecule has 4 nitrogen and oxygen atoms in total. The average Bonchev–Trinajstić information content (AvgIpc) is 2.29. The number of carbonyl (C=O) groups is 1. The SMILES string of the molecule is CC(C)CC(CC(C)C)NC(CNC(=O)OC(C)(C)C)C(C)C. The van der Waals surface area contributed by atoms with Gasteiger partial charge in [0.05, 0.1) is 0 Å². The number of amides is 1. The Balaban J connectivity index is 4.60. The molecular formula is C19H40N2O2. The van der Waals surface area contributed by atoms with E-state index in [-0.39, 0.29) is 12.1 Å². The summed E-state index contributed by atoms with van der Waals surface area (Å²) in [6, 6.07) is 0.743. The summed E-state index contributed by atoms with van der Waals surface area (Å²) in [6.07, 6.45) is 1.98. The van der Waals surface area contributed by atoms with Crippen LogP contribution in [0.25, 0.3) is 0 Å². The van der Waals surface area contributed by atoms with E-state index >= 15 is 0 Å². The van der Waals surface area contributed by atoms with Gasteiger partial charge in [0.1, 0.15) is 5.60 Å². The van der Waals surface area contributed by atoms with E-state index < -0.39 is 5.60 Å². The van der Waals surface area contributed by atoms with Gasteiger partial charge in [0.2, 0.25) is 0 Å². The molecule has 1 amide bonds. The number of carbonyl (C=O) groups excluding carboxylic acids is 1. The molecule has 0 aromatic heterocycles. The Kier molecular flexibility index (Phi) is 9.83. The van der Waals surface area contributed by atoms with E-state index in [9.17, 15) is 4.79 Å². The molecular weight excluding hydrogens is 288 g/mol. The van der Waals surface area contributed by atoms with Crippen LogP contribution in [0.1, 0.15) is 75.2 Å². The lowest BCUT2D eigenvalue weighted by atomic mass is 9.93. The minimum atomic E-state index is -0.456. The molecule has 0 bridgehead atoms. The van der Waals surface area contributed by atoms with Gasteiger partial charge in [-0.05, 0) is 51.4 Å². The molecule has 0 aliphatic rings. The van der Waals surface area contributed by atoms with Crippen LogP contribution in [0.15, 0.2) is 0 Å². The second-order valence-electron chi connectivity index (χ2n) is 8.86. The molecule has 1 atom stereocenters. The standard InChI is InChI=1S/C19H40N2O2/c1-13(2)10-16(11-14(3)4)21-17(15(5)6)12-20-18(22)23-19(7,8)9/h13-17,21H,10-12H2,1-9H3,(H,20,22). The topological polar surface area (TPSA) is 50.4 Å². The molecule has 0 spiro atoms. The maximum absolute atomic E-state index is 11.9. The fourth-order valence-electron chi connectivity index (χ4n) is 2.67. The second kappa shape index (κ2) is 10.2. The van der Waals surface area contributed by atoms with E-state index in [2.05, 4.69) is 52.2 Å². The molecule has 0 aromatic rings. The number of rotatable bonds is 9. The molecule has 4 heteroatoms. The van der Waals surface area contributed by atoms with E-state index in [1.165, 1.54) is 0 Å². The van der Waals surface area contributed by atoms with Crippen molar-refractivity contribution in [1.82, 2.24) is 10.6 Å². The normalized spacial score (nSPS) is 14.0. The van der Waals surface area contributed by atoms with Gasteiger partial charge in [0.15, 0.2) is 0 Å². The minimum Gasteiger partial charge on any atom is -0.444 e. The zero-order valence-corrected chi connectivity index (χ0v) is 16.8. The third-order valence-corrected chi connectivity index (χ3v) is 3.63. The molecule has 0 aliphatic carbocycles. The summed E-state index contributed by atoms with van der Waals surface area (Å²) in [5, 5.41) is 6.67. The zero-order valence-electron chi connectivity index (χ0n) is 16.8. The molecule has 0 aromatic carbocycles. The van der Waals surface area contributed by atoms with Crippen LogP contribution >= 0.6 is 0 Å². The fourth-order valence-corrected chi connectivity index (χ4v) is 2.67. The van der Waals surface area contributed by atoms with Crippen molar-refractivity contribution < 1.29 is 9.53 Å². The molecule has 0 heterocycles. The number of hydrogen-bond donors (Lipinski definition) is 2. The lowest BCUT2D eigenvalue weighted by molar-refractivity contribution is 0.0517. The fraction of sp³-hybridized carbons (Fsp3) is 0.947. The molecule has 0 fully saturated rings. The van der Waals surface area contributed by atoms with Crippen LogP contribution in [0.5, 0.6) is 0 Å². The predicted molar refractivity (Wildman–Crippen MR) is 98.7 cm³/mol. The van der Waals surface area contributed by atoms with Crippen molar-refractivity contribution in [1.29, 1.82) is 0 Å². The van der Waals surface area contributed by atoms with Gasteiger partial charge >= 0.3 is 6.09 Å². The van der Waals surface area contributed by atoms with Gasteiger partial charge in [-0.2, -0.15) is 0 Å². The van der Waals surface area contributed by atoms with Gasteiger partial charge in [-0.3, -0.25) is 0 Å². The highest BCUT2D eigenvalue weighted by Gasteiger charge is 2.22. The molecule has 0 saturated carbocycles. The van der Waals surface area contributed by atoms with Gasteiger partial charge in [0.25, 0.3) is 0 Å². The summed E-state index contributed by atoms with van der Waals surface area (Å²) < 4.78 is 5.32. The third kappa shape index (κ3) is 12.3. The lowest BCUT2D eigenvalue weighted by Crippen LogP contribution is -2.49. The zero-order chi connectivity index (χ0) is 18.2. The quantitative estimate of drug-likeness (QED) is 0.651. The van der Waals surface area contributed by atoms with Gasteiger partial charge in [-0.1, -0.05) is 41.5 Å². The Labute approximate surface area is 144 Å². The first-order valence-corrected chi connectivity index (χ1v) is 9.13. The first-order chi connectivity index (χ1) is 10.4. The molecule has 0 radical (unpaired) electrons. The van der Waals surface area contributed by atoms with E-state index in [0.717, 1.165) is 12.8 Å². The van der Waals surface area contributed by atoms with Crippen molar-refractivity contribution >= 4 is 6.09 Å². The van der Waals surface area contributed by atoms with Crippen LogP contribution in [0.3, 0.4) is 0 Å². The van der Waals surface area contributed by atoms with E-state index in [1.807, 2.05) is 20.8 Å². The minimum absolute atomic E-state index is 0.255. The monoisotopic (exact) mass is 328 g/mol. The Morgan fingerprint density at radius 3 is 1.78 bits per heavy atom. The number of ether oxygens (including phenoxy) is 1. The molecule has 138 valence electrons. The molecule has 0 saturated heterocycles. The van der Waals surface area contributed by atoms with Crippen LogP contribution in [-0.2, 0) is 4.74 Å². The summed E-state index contributed by atoms with van der Waals surface area (Å²) >= 11 is 0. The molecule has 0 aliphatic heterocycles. The summed E-state index contributed by atoms with van der Waals surface area (Å²) in [5.41, 5.74) is -0.456. The van der Waals surface area contributed by atoms with Gasteiger partial charge < -0.3 is 15.4 Å².